The summed E-state index contributed by atoms with van der Waals surface area (Å²) < 4.78 is 11.5. The van der Waals surface area contributed by atoms with Crippen LogP contribution < -0.4 is 0 Å². The van der Waals surface area contributed by atoms with Gasteiger partial charge in [-0.05, 0) is 62.4 Å². The third-order valence-electron chi connectivity index (χ3n) is 8.47. The van der Waals surface area contributed by atoms with Gasteiger partial charge in [-0.25, -0.2) is 0 Å². The molecule has 164 valence electrons. The first-order valence-corrected chi connectivity index (χ1v) is 11.3. The maximum Gasteiger partial charge on any atom is 0.303 e. The van der Waals surface area contributed by atoms with E-state index in [9.17, 15) is 14.4 Å². The van der Waals surface area contributed by atoms with Crippen LogP contribution in [0.1, 0.15) is 79.6 Å². The highest BCUT2D eigenvalue weighted by molar-refractivity contribution is 5.80. The van der Waals surface area contributed by atoms with Gasteiger partial charge in [0.1, 0.15) is 18.0 Å². The van der Waals surface area contributed by atoms with Gasteiger partial charge in [-0.15, -0.1) is 0 Å². The molecule has 30 heavy (non-hydrogen) atoms. The van der Waals surface area contributed by atoms with Crippen molar-refractivity contribution < 1.29 is 23.9 Å². The third kappa shape index (κ3) is 3.25. The fraction of sp³-hybridized carbons (Fsp3) is 0.720. The molecule has 0 saturated heterocycles. The van der Waals surface area contributed by atoms with Crippen molar-refractivity contribution in [3.8, 4) is 0 Å². The second-order valence-electron chi connectivity index (χ2n) is 10.3. The zero-order valence-electron chi connectivity index (χ0n) is 18.9. The zero-order valence-corrected chi connectivity index (χ0v) is 18.9. The molecule has 0 N–H and O–H groups in total. The Balaban J connectivity index is 1.74. The van der Waals surface area contributed by atoms with Crippen LogP contribution in [0.2, 0.25) is 0 Å². The number of fused-ring (bicyclic) bond motifs is 4. The number of carbonyl (C=O) groups excluding carboxylic acids is 3. The number of ether oxygens (including phenoxy) is 2. The van der Waals surface area contributed by atoms with Gasteiger partial charge in [0.25, 0.3) is 0 Å². The lowest BCUT2D eigenvalue weighted by Gasteiger charge is -2.53. The molecule has 5 heteroatoms. The van der Waals surface area contributed by atoms with Crippen LogP contribution in [-0.4, -0.2) is 29.9 Å². The maximum atomic E-state index is 12.4. The summed E-state index contributed by atoms with van der Waals surface area (Å²) in [4.78, 5) is 35.9. The largest absolute Gasteiger partial charge is 0.462 e. The molecule has 2 saturated carbocycles. The highest BCUT2D eigenvalue weighted by Crippen LogP contribution is 2.64. The van der Waals surface area contributed by atoms with Crippen molar-refractivity contribution in [3.63, 3.8) is 0 Å². The first-order chi connectivity index (χ1) is 14.1. The van der Waals surface area contributed by atoms with Gasteiger partial charge >= 0.3 is 11.9 Å². The second kappa shape index (κ2) is 7.35. The summed E-state index contributed by atoms with van der Waals surface area (Å²) >= 11 is 0. The van der Waals surface area contributed by atoms with Gasteiger partial charge in [0.05, 0.1) is 0 Å². The van der Waals surface area contributed by atoms with E-state index in [0.717, 1.165) is 44.9 Å². The Hall–Kier alpha value is -1.91. The van der Waals surface area contributed by atoms with E-state index in [1.807, 2.05) is 0 Å². The van der Waals surface area contributed by atoms with E-state index in [2.05, 4.69) is 19.9 Å². The van der Waals surface area contributed by atoms with Gasteiger partial charge in [-0.1, -0.05) is 31.1 Å². The Bertz CT molecular complexity index is 852. The Morgan fingerprint density at radius 1 is 1.00 bits per heavy atom. The maximum absolute atomic E-state index is 12.4. The number of Topliss-reactive ketones (excluding diaryl/α,β-unsaturated/α-hetero) is 1. The van der Waals surface area contributed by atoms with E-state index in [1.165, 1.54) is 30.6 Å². The summed E-state index contributed by atoms with van der Waals surface area (Å²) in [5.41, 5.74) is 3.67. The molecule has 2 fully saturated rings. The molecule has 0 aromatic heterocycles. The van der Waals surface area contributed by atoms with Gasteiger partial charge in [-0.2, -0.15) is 0 Å². The van der Waals surface area contributed by atoms with Crippen molar-refractivity contribution in [3.05, 3.63) is 22.8 Å². The third-order valence-corrected chi connectivity index (χ3v) is 8.47. The summed E-state index contributed by atoms with van der Waals surface area (Å²) in [6, 6.07) is 0. The Labute approximate surface area is 179 Å². The first-order valence-electron chi connectivity index (χ1n) is 11.3. The number of allylic oxidation sites excluding steroid dienone is 2. The molecule has 0 aliphatic heterocycles. The van der Waals surface area contributed by atoms with Gasteiger partial charge < -0.3 is 9.47 Å². The van der Waals surface area contributed by atoms with Crippen molar-refractivity contribution in [2.45, 2.75) is 91.8 Å². The lowest BCUT2D eigenvalue weighted by molar-refractivity contribution is -0.150. The van der Waals surface area contributed by atoms with E-state index in [-0.39, 0.29) is 46.7 Å². The summed E-state index contributed by atoms with van der Waals surface area (Å²) in [6.07, 6.45) is 7.93. The highest BCUT2D eigenvalue weighted by atomic mass is 16.5. The standard InChI is InChI=1S/C25H34O5/c1-14(26)20-8-9-21-19-7-6-17-12-18(29-15(2)27)10-11-24(17,4)23(19)22(30-16(3)28)13-25(20,21)5/h6,18,20-22H,7-13H2,1-5H3. The van der Waals surface area contributed by atoms with Crippen LogP contribution in [0.5, 0.6) is 0 Å². The number of hydrogen-bond acceptors (Lipinski definition) is 5. The predicted octanol–water partition coefficient (Wildman–Crippen LogP) is 4.69. The minimum absolute atomic E-state index is 0.0347. The topological polar surface area (TPSA) is 69.7 Å². The second-order valence-corrected chi connectivity index (χ2v) is 10.3. The molecule has 0 aromatic carbocycles. The molecular weight excluding hydrogens is 380 g/mol. The van der Waals surface area contributed by atoms with Crippen LogP contribution in [0.15, 0.2) is 22.8 Å². The predicted molar refractivity (Wildman–Crippen MR) is 112 cm³/mol. The SMILES string of the molecule is CC(=O)OC1CCC2(C)C(=CCC3=C2C(OC(C)=O)CC2(C)C(C(C)=O)CCC32)C1. The highest BCUT2D eigenvalue weighted by Gasteiger charge is 2.58. The van der Waals surface area contributed by atoms with Crippen LogP contribution in [-0.2, 0) is 23.9 Å². The van der Waals surface area contributed by atoms with Gasteiger partial charge in [0.15, 0.2) is 0 Å². The molecule has 0 radical (unpaired) electrons. The van der Waals surface area contributed by atoms with Crippen LogP contribution >= 0.6 is 0 Å². The molecule has 4 aliphatic rings. The van der Waals surface area contributed by atoms with E-state index < -0.39 is 0 Å². The fourth-order valence-corrected chi connectivity index (χ4v) is 7.29. The molecule has 0 heterocycles. The molecule has 6 unspecified atom stereocenters. The fourth-order valence-electron chi connectivity index (χ4n) is 7.29. The molecule has 4 aliphatic carbocycles. The molecule has 6 atom stereocenters. The molecule has 0 bridgehead atoms. The molecule has 5 nitrogen and oxygen atoms in total. The zero-order chi connectivity index (χ0) is 21.8. The van der Waals surface area contributed by atoms with Crippen molar-refractivity contribution in [1.29, 1.82) is 0 Å². The lowest BCUT2D eigenvalue weighted by atomic mass is 9.53. The van der Waals surface area contributed by atoms with Crippen molar-refractivity contribution in [2.24, 2.45) is 22.7 Å². The lowest BCUT2D eigenvalue weighted by Crippen LogP contribution is -2.48. The molecule has 0 aromatic rings. The van der Waals surface area contributed by atoms with E-state index in [4.69, 9.17) is 9.47 Å². The number of ketones is 1. The number of carbonyl (C=O) groups is 3. The summed E-state index contributed by atoms with van der Waals surface area (Å²) in [5, 5.41) is 0. The number of rotatable bonds is 3. The number of hydrogen-bond donors (Lipinski definition) is 0. The van der Waals surface area contributed by atoms with Gasteiger partial charge in [0.2, 0.25) is 0 Å². The normalized spacial score (nSPS) is 40.0. The van der Waals surface area contributed by atoms with Crippen LogP contribution in [0.3, 0.4) is 0 Å². The van der Waals surface area contributed by atoms with Gasteiger partial charge in [-0.3, -0.25) is 14.4 Å². The smallest absolute Gasteiger partial charge is 0.303 e. The molecule has 0 spiro atoms. The number of esters is 2. The summed E-state index contributed by atoms with van der Waals surface area (Å²) in [5.74, 6) is 0.166. The average Bonchev–Trinajstić information content (AvgIpc) is 2.97. The Morgan fingerprint density at radius 3 is 2.33 bits per heavy atom. The molecule has 0 amide bonds. The molecular formula is C25H34O5. The van der Waals surface area contributed by atoms with E-state index in [1.54, 1.807) is 6.92 Å². The van der Waals surface area contributed by atoms with Crippen molar-refractivity contribution >= 4 is 17.7 Å². The average molecular weight is 415 g/mol. The van der Waals surface area contributed by atoms with E-state index >= 15 is 0 Å². The minimum atomic E-state index is -0.280. The van der Waals surface area contributed by atoms with Crippen LogP contribution in [0, 0.1) is 22.7 Å². The minimum Gasteiger partial charge on any atom is -0.462 e. The summed E-state index contributed by atoms with van der Waals surface area (Å²) in [7, 11) is 0. The quantitative estimate of drug-likeness (QED) is 0.495. The van der Waals surface area contributed by atoms with Crippen molar-refractivity contribution in [2.75, 3.05) is 0 Å². The van der Waals surface area contributed by atoms with Crippen LogP contribution in [0.25, 0.3) is 0 Å². The van der Waals surface area contributed by atoms with Crippen LogP contribution in [0.4, 0.5) is 0 Å². The Kier molecular flexibility index (Phi) is 5.22. The molecule has 4 rings (SSSR count). The Morgan fingerprint density at radius 2 is 1.70 bits per heavy atom. The first kappa shape index (κ1) is 21.3. The van der Waals surface area contributed by atoms with Gasteiger partial charge in [0, 0.05) is 31.6 Å². The van der Waals surface area contributed by atoms with E-state index in [0.29, 0.717) is 5.92 Å². The summed E-state index contributed by atoms with van der Waals surface area (Å²) in [6.45, 7) is 9.16. The van der Waals surface area contributed by atoms with Crippen molar-refractivity contribution in [1.82, 2.24) is 0 Å². The monoisotopic (exact) mass is 414 g/mol.